The maximum absolute atomic E-state index is 13.7. The van der Waals surface area contributed by atoms with Crippen LogP contribution in [0.1, 0.15) is 29.1 Å². The molecule has 1 heterocycles. The molecule has 1 atom stereocenters. The third-order valence-electron chi connectivity index (χ3n) is 3.02. The highest BCUT2D eigenvalue weighted by atomic mass is 32.1. The van der Waals surface area contributed by atoms with Gasteiger partial charge in [-0.2, -0.15) is 0 Å². The van der Waals surface area contributed by atoms with Crippen molar-refractivity contribution in [2.24, 2.45) is 0 Å². The molecule has 0 aliphatic heterocycles. The largest absolute Gasteiger partial charge is 0.312 e. The van der Waals surface area contributed by atoms with E-state index in [0.29, 0.717) is 12.0 Å². The van der Waals surface area contributed by atoms with E-state index in [0.717, 1.165) is 29.1 Å². The zero-order valence-electron chi connectivity index (χ0n) is 10.8. The molecule has 1 N–H and O–H groups in total. The number of halogens is 2. The third-order valence-corrected chi connectivity index (χ3v) is 3.90. The Morgan fingerprint density at radius 1 is 1.37 bits per heavy atom. The number of nitrogens with zero attached hydrogens (tertiary/aromatic N) is 2. The number of hydrogen-bond acceptors (Lipinski definition) is 4. The fraction of sp³-hybridized carbons (Fsp3) is 0.385. The summed E-state index contributed by atoms with van der Waals surface area (Å²) in [6, 6.07) is 3.41. The second-order valence-corrected chi connectivity index (χ2v) is 5.00. The molecule has 0 aliphatic rings. The van der Waals surface area contributed by atoms with Crippen LogP contribution in [0.25, 0.3) is 0 Å². The highest BCUT2D eigenvalue weighted by Crippen LogP contribution is 2.25. The summed E-state index contributed by atoms with van der Waals surface area (Å²) < 4.78 is 30.8. The molecule has 0 saturated heterocycles. The van der Waals surface area contributed by atoms with Crippen molar-refractivity contribution in [2.45, 2.75) is 25.8 Å². The van der Waals surface area contributed by atoms with Crippen LogP contribution in [0.3, 0.4) is 0 Å². The van der Waals surface area contributed by atoms with E-state index in [1.54, 1.807) is 7.05 Å². The predicted molar refractivity (Wildman–Crippen MR) is 71.1 cm³/mol. The van der Waals surface area contributed by atoms with Crippen LogP contribution in [0.5, 0.6) is 0 Å². The van der Waals surface area contributed by atoms with E-state index in [1.165, 1.54) is 17.6 Å². The second kappa shape index (κ2) is 6.16. The van der Waals surface area contributed by atoms with Crippen LogP contribution in [0.15, 0.2) is 18.2 Å². The lowest BCUT2D eigenvalue weighted by atomic mass is 10.0. The first kappa shape index (κ1) is 14.0. The van der Waals surface area contributed by atoms with E-state index in [-0.39, 0.29) is 6.04 Å². The summed E-state index contributed by atoms with van der Waals surface area (Å²) in [6.45, 7) is 2.00. The topological polar surface area (TPSA) is 37.8 Å². The first-order chi connectivity index (χ1) is 9.15. The van der Waals surface area contributed by atoms with Gasteiger partial charge in [-0.25, -0.2) is 8.78 Å². The Labute approximate surface area is 114 Å². The lowest BCUT2D eigenvalue weighted by Gasteiger charge is -2.15. The van der Waals surface area contributed by atoms with Crippen LogP contribution in [0.2, 0.25) is 0 Å². The fourth-order valence-corrected chi connectivity index (χ4v) is 2.82. The van der Waals surface area contributed by atoms with Crippen LogP contribution >= 0.6 is 11.5 Å². The zero-order valence-corrected chi connectivity index (χ0v) is 11.6. The quantitative estimate of drug-likeness (QED) is 0.917. The van der Waals surface area contributed by atoms with Gasteiger partial charge in [0.25, 0.3) is 0 Å². The monoisotopic (exact) mass is 283 g/mol. The number of aromatic nitrogens is 2. The maximum Gasteiger partial charge on any atom is 0.126 e. The van der Waals surface area contributed by atoms with Gasteiger partial charge in [-0.1, -0.05) is 11.4 Å². The molecule has 2 aromatic rings. The maximum atomic E-state index is 13.7. The van der Waals surface area contributed by atoms with Gasteiger partial charge in [-0.15, -0.1) is 5.10 Å². The first-order valence-electron chi connectivity index (χ1n) is 6.08. The smallest absolute Gasteiger partial charge is 0.126 e. The summed E-state index contributed by atoms with van der Waals surface area (Å²) >= 11 is 1.30. The Kier molecular flexibility index (Phi) is 4.55. The van der Waals surface area contributed by atoms with E-state index in [4.69, 9.17) is 0 Å². The molecule has 19 heavy (non-hydrogen) atoms. The van der Waals surface area contributed by atoms with Gasteiger partial charge >= 0.3 is 0 Å². The van der Waals surface area contributed by atoms with Crippen LogP contribution in [-0.2, 0) is 12.8 Å². The van der Waals surface area contributed by atoms with Crippen molar-refractivity contribution < 1.29 is 8.78 Å². The third kappa shape index (κ3) is 3.13. The summed E-state index contributed by atoms with van der Waals surface area (Å²) in [4.78, 5) is 0.980. The lowest BCUT2D eigenvalue weighted by Crippen LogP contribution is -2.19. The molecule has 0 aliphatic carbocycles. The van der Waals surface area contributed by atoms with E-state index >= 15 is 0 Å². The van der Waals surface area contributed by atoms with Crippen molar-refractivity contribution in [2.75, 3.05) is 7.05 Å². The van der Waals surface area contributed by atoms with Gasteiger partial charge in [0, 0.05) is 6.04 Å². The highest BCUT2D eigenvalue weighted by Gasteiger charge is 2.19. The first-order valence-corrected chi connectivity index (χ1v) is 6.85. The predicted octanol–water partition coefficient (Wildman–Crippen LogP) is 2.88. The van der Waals surface area contributed by atoms with Crippen LogP contribution in [-0.4, -0.2) is 16.6 Å². The fourth-order valence-electron chi connectivity index (χ4n) is 1.97. The van der Waals surface area contributed by atoms with Gasteiger partial charge in [0.15, 0.2) is 0 Å². The highest BCUT2D eigenvalue weighted by molar-refractivity contribution is 7.05. The van der Waals surface area contributed by atoms with Crippen LogP contribution in [0, 0.1) is 11.6 Å². The number of aryl methyl sites for hydroxylation is 1. The minimum absolute atomic E-state index is 0.105. The van der Waals surface area contributed by atoms with E-state index in [1.807, 2.05) is 6.92 Å². The molecular formula is C13H15F2N3S. The molecule has 0 spiro atoms. The number of rotatable bonds is 5. The lowest BCUT2D eigenvalue weighted by molar-refractivity contribution is 0.545. The number of likely N-dealkylation sites (N-methyl/N-ethyl adjacent to an activating group) is 1. The summed E-state index contributed by atoms with van der Waals surface area (Å²) in [5.41, 5.74) is 1.26. The summed E-state index contributed by atoms with van der Waals surface area (Å²) in [6.07, 6.45) is 1.15. The van der Waals surface area contributed by atoms with E-state index in [2.05, 4.69) is 14.9 Å². The Hall–Kier alpha value is -1.40. The second-order valence-electron chi connectivity index (χ2n) is 4.22. The Morgan fingerprint density at radius 3 is 2.84 bits per heavy atom. The molecule has 2 rings (SSSR count). The zero-order chi connectivity index (χ0) is 13.8. The normalized spacial score (nSPS) is 12.6. The molecule has 0 bridgehead atoms. The number of nitrogens with one attached hydrogen (secondary N) is 1. The summed E-state index contributed by atoms with van der Waals surface area (Å²) in [7, 11) is 1.79. The molecule has 0 fully saturated rings. The average Bonchev–Trinajstić information content (AvgIpc) is 2.88. The minimum atomic E-state index is -0.426. The molecule has 1 aromatic carbocycles. The summed E-state index contributed by atoms with van der Waals surface area (Å²) in [5.74, 6) is -0.818. The minimum Gasteiger partial charge on any atom is -0.312 e. The standard InChI is InChI=1S/C13H15F2N3S/c1-3-11-13(19-18-17-11)12(16-2)7-8-6-9(14)4-5-10(8)15/h4-6,12,16H,3,7H2,1-2H3. The molecule has 0 radical (unpaired) electrons. The van der Waals surface area contributed by atoms with Gasteiger partial charge in [-0.3, -0.25) is 0 Å². The summed E-state index contributed by atoms with van der Waals surface area (Å²) in [5, 5.41) is 7.16. The van der Waals surface area contributed by atoms with Gasteiger partial charge < -0.3 is 5.32 Å². The Balaban J connectivity index is 2.26. The van der Waals surface area contributed by atoms with Crippen molar-refractivity contribution >= 4 is 11.5 Å². The van der Waals surface area contributed by atoms with Crippen molar-refractivity contribution in [3.63, 3.8) is 0 Å². The SMILES string of the molecule is CCc1nnsc1C(Cc1cc(F)ccc1F)NC. The van der Waals surface area contributed by atoms with Gasteiger partial charge in [0.1, 0.15) is 11.6 Å². The van der Waals surface area contributed by atoms with Crippen molar-refractivity contribution in [3.05, 3.63) is 46.0 Å². The molecule has 1 unspecified atom stereocenters. The molecule has 102 valence electrons. The van der Waals surface area contributed by atoms with Gasteiger partial charge in [0.05, 0.1) is 10.6 Å². The van der Waals surface area contributed by atoms with Crippen molar-refractivity contribution in [1.82, 2.24) is 14.9 Å². The molecule has 6 heteroatoms. The van der Waals surface area contributed by atoms with Crippen molar-refractivity contribution in [3.8, 4) is 0 Å². The van der Waals surface area contributed by atoms with Crippen molar-refractivity contribution in [1.29, 1.82) is 0 Å². The van der Waals surface area contributed by atoms with Crippen LogP contribution < -0.4 is 5.32 Å². The molecule has 0 saturated carbocycles. The Bertz CT molecular complexity index is 557. The van der Waals surface area contributed by atoms with Gasteiger partial charge in [-0.05, 0) is 55.2 Å². The molecular weight excluding hydrogens is 268 g/mol. The average molecular weight is 283 g/mol. The molecule has 0 amide bonds. The van der Waals surface area contributed by atoms with E-state index in [9.17, 15) is 8.78 Å². The number of benzene rings is 1. The molecule has 3 nitrogen and oxygen atoms in total. The van der Waals surface area contributed by atoms with Crippen LogP contribution in [0.4, 0.5) is 8.78 Å². The molecule has 1 aromatic heterocycles. The van der Waals surface area contributed by atoms with E-state index < -0.39 is 11.6 Å². The van der Waals surface area contributed by atoms with Gasteiger partial charge in [0.2, 0.25) is 0 Å². The Morgan fingerprint density at radius 2 is 2.16 bits per heavy atom. The number of hydrogen-bond donors (Lipinski definition) is 1.